The van der Waals surface area contributed by atoms with E-state index in [2.05, 4.69) is 16.4 Å². The van der Waals surface area contributed by atoms with Gasteiger partial charge in [0, 0.05) is 24.1 Å². The predicted octanol–water partition coefficient (Wildman–Crippen LogP) is 2.53. The molecule has 108 valence electrons. The minimum absolute atomic E-state index is 0.0944. The molecule has 20 heavy (non-hydrogen) atoms. The van der Waals surface area contributed by atoms with Crippen molar-refractivity contribution in [3.63, 3.8) is 0 Å². The van der Waals surface area contributed by atoms with E-state index in [9.17, 15) is 4.79 Å². The van der Waals surface area contributed by atoms with Crippen molar-refractivity contribution in [2.24, 2.45) is 5.92 Å². The van der Waals surface area contributed by atoms with E-state index < -0.39 is 0 Å². The molecule has 1 aromatic carbocycles. The molecule has 1 aromatic heterocycles. The molecule has 1 atom stereocenters. The van der Waals surface area contributed by atoms with Crippen LogP contribution in [0.3, 0.4) is 0 Å². The number of fused-ring (bicyclic) bond motifs is 1. The molecule has 0 aliphatic carbocycles. The lowest BCUT2D eigenvalue weighted by molar-refractivity contribution is 0.0941. The van der Waals surface area contributed by atoms with Crippen LogP contribution in [0.5, 0.6) is 0 Å². The van der Waals surface area contributed by atoms with E-state index in [1.54, 1.807) is 0 Å². The number of rotatable bonds is 5. The smallest absolute Gasteiger partial charge is 0.267 e. The van der Waals surface area contributed by atoms with Crippen LogP contribution in [0, 0.1) is 19.8 Å². The Kier molecular flexibility index (Phi) is 4.45. The first-order valence-electron chi connectivity index (χ1n) is 7.00. The Morgan fingerprint density at radius 2 is 2.10 bits per heavy atom. The van der Waals surface area contributed by atoms with Crippen LogP contribution in [0.4, 0.5) is 0 Å². The number of aromatic amines is 1. The summed E-state index contributed by atoms with van der Waals surface area (Å²) in [5, 5.41) is 12.8. The molecule has 4 heteroatoms. The fraction of sp³-hybridized carbons (Fsp3) is 0.438. The van der Waals surface area contributed by atoms with Crippen molar-refractivity contribution in [1.29, 1.82) is 0 Å². The minimum atomic E-state index is -0.0944. The zero-order chi connectivity index (χ0) is 14.7. The highest BCUT2D eigenvalue weighted by Gasteiger charge is 2.12. The predicted molar refractivity (Wildman–Crippen MR) is 81.0 cm³/mol. The molecule has 0 spiro atoms. The molecule has 2 rings (SSSR count). The number of aryl methyl sites for hydroxylation is 2. The van der Waals surface area contributed by atoms with Crippen molar-refractivity contribution in [2.45, 2.75) is 27.2 Å². The first-order valence-corrected chi connectivity index (χ1v) is 7.00. The lowest BCUT2D eigenvalue weighted by Gasteiger charge is -2.10. The summed E-state index contributed by atoms with van der Waals surface area (Å²) in [6.07, 6.45) is 0.700. The molecule has 3 N–H and O–H groups in total. The van der Waals surface area contributed by atoms with E-state index in [4.69, 9.17) is 5.11 Å². The van der Waals surface area contributed by atoms with Crippen molar-refractivity contribution in [3.05, 3.63) is 35.0 Å². The maximum atomic E-state index is 12.1. The van der Waals surface area contributed by atoms with Gasteiger partial charge in [-0.2, -0.15) is 0 Å². The van der Waals surface area contributed by atoms with Gasteiger partial charge >= 0.3 is 0 Å². The maximum Gasteiger partial charge on any atom is 0.267 e. The molecule has 2 aromatic rings. The van der Waals surface area contributed by atoms with E-state index >= 15 is 0 Å². The summed E-state index contributed by atoms with van der Waals surface area (Å²) in [5.41, 5.74) is 3.94. The highest BCUT2D eigenvalue weighted by molar-refractivity contribution is 5.98. The Hall–Kier alpha value is -1.81. The average Bonchev–Trinajstić information content (AvgIpc) is 2.80. The summed E-state index contributed by atoms with van der Waals surface area (Å²) in [6.45, 7) is 6.83. The molecule has 0 saturated heterocycles. The Balaban J connectivity index is 2.13. The van der Waals surface area contributed by atoms with Crippen LogP contribution in [-0.2, 0) is 0 Å². The van der Waals surface area contributed by atoms with E-state index in [0.29, 0.717) is 18.7 Å². The molecular formula is C16H22N2O2. The Morgan fingerprint density at radius 1 is 1.35 bits per heavy atom. The van der Waals surface area contributed by atoms with Gasteiger partial charge in [-0.3, -0.25) is 4.79 Å². The van der Waals surface area contributed by atoms with Gasteiger partial charge in [0.2, 0.25) is 0 Å². The minimum Gasteiger partial charge on any atom is -0.396 e. The monoisotopic (exact) mass is 274 g/mol. The van der Waals surface area contributed by atoms with Gasteiger partial charge in [0.1, 0.15) is 5.69 Å². The number of aliphatic hydroxyl groups excluding tert-OH is 1. The van der Waals surface area contributed by atoms with Gasteiger partial charge in [-0.25, -0.2) is 0 Å². The van der Waals surface area contributed by atoms with Crippen molar-refractivity contribution >= 4 is 16.8 Å². The van der Waals surface area contributed by atoms with E-state index in [1.165, 1.54) is 11.1 Å². The van der Waals surface area contributed by atoms with Crippen LogP contribution in [0.2, 0.25) is 0 Å². The molecule has 0 aliphatic rings. The third kappa shape index (κ3) is 3.20. The standard InChI is InChI=1S/C16H22N2O2/c1-10(4-5-19)9-17-16(20)15-8-13-12(3)6-11(2)7-14(13)18-15/h6-8,10,18-19H,4-5,9H2,1-3H3,(H,17,20). The van der Waals surface area contributed by atoms with Gasteiger partial charge in [-0.1, -0.05) is 13.0 Å². The molecule has 0 bridgehead atoms. The number of H-pyrrole nitrogens is 1. The number of amides is 1. The van der Waals surface area contributed by atoms with Crippen LogP contribution >= 0.6 is 0 Å². The topological polar surface area (TPSA) is 65.1 Å². The first kappa shape index (κ1) is 14.6. The van der Waals surface area contributed by atoms with Gasteiger partial charge in [-0.05, 0) is 49.4 Å². The summed E-state index contributed by atoms with van der Waals surface area (Å²) < 4.78 is 0. The Bertz CT molecular complexity index is 616. The highest BCUT2D eigenvalue weighted by atomic mass is 16.3. The molecule has 0 fully saturated rings. The zero-order valence-electron chi connectivity index (χ0n) is 12.3. The summed E-state index contributed by atoms with van der Waals surface area (Å²) in [7, 11) is 0. The van der Waals surface area contributed by atoms with Gasteiger partial charge in [-0.15, -0.1) is 0 Å². The van der Waals surface area contributed by atoms with E-state index in [0.717, 1.165) is 10.9 Å². The molecule has 1 heterocycles. The molecule has 0 radical (unpaired) electrons. The lowest BCUT2D eigenvalue weighted by Crippen LogP contribution is -2.28. The Morgan fingerprint density at radius 3 is 2.80 bits per heavy atom. The number of carbonyl (C=O) groups excluding carboxylic acids is 1. The molecule has 1 amide bonds. The normalized spacial score (nSPS) is 12.6. The number of benzene rings is 1. The van der Waals surface area contributed by atoms with Crippen molar-refractivity contribution < 1.29 is 9.90 Å². The third-order valence-corrected chi connectivity index (χ3v) is 3.57. The number of nitrogens with one attached hydrogen (secondary N) is 2. The second-order valence-electron chi connectivity index (χ2n) is 5.55. The van der Waals surface area contributed by atoms with Gasteiger partial charge < -0.3 is 15.4 Å². The summed E-state index contributed by atoms with van der Waals surface area (Å²) in [6, 6.07) is 6.06. The highest BCUT2D eigenvalue weighted by Crippen LogP contribution is 2.21. The quantitative estimate of drug-likeness (QED) is 0.784. The number of hydrogen-bond donors (Lipinski definition) is 3. The number of aromatic nitrogens is 1. The van der Waals surface area contributed by atoms with E-state index in [-0.39, 0.29) is 18.4 Å². The zero-order valence-corrected chi connectivity index (χ0v) is 12.3. The van der Waals surface area contributed by atoms with Crippen molar-refractivity contribution in [3.8, 4) is 0 Å². The van der Waals surface area contributed by atoms with Crippen LogP contribution in [0.1, 0.15) is 35.0 Å². The second kappa shape index (κ2) is 6.09. The fourth-order valence-electron chi connectivity index (χ4n) is 2.41. The largest absolute Gasteiger partial charge is 0.396 e. The van der Waals surface area contributed by atoms with Crippen molar-refractivity contribution in [1.82, 2.24) is 10.3 Å². The number of aliphatic hydroxyl groups is 1. The SMILES string of the molecule is Cc1cc(C)c2cc(C(=O)NCC(C)CCO)[nH]c2c1. The molecular weight excluding hydrogens is 252 g/mol. The third-order valence-electron chi connectivity index (χ3n) is 3.57. The molecule has 0 aliphatic heterocycles. The van der Waals surface area contributed by atoms with Crippen LogP contribution in [-0.4, -0.2) is 29.1 Å². The van der Waals surface area contributed by atoms with Crippen LogP contribution in [0.25, 0.3) is 10.9 Å². The second-order valence-corrected chi connectivity index (χ2v) is 5.55. The summed E-state index contributed by atoms with van der Waals surface area (Å²) >= 11 is 0. The van der Waals surface area contributed by atoms with Gasteiger partial charge in [0.05, 0.1) is 0 Å². The lowest BCUT2D eigenvalue weighted by atomic mass is 10.1. The first-order chi connectivity index (χ1) is 9.51. The molecule has 0 saturated carbocycles. The summed E-state index contributed by atoms with van der Waals surface area (Å²) in [5.74, 6) is 0.181. The van der Waals surface area contributed by atoms with Gasteiger partial charge in [0.25, 0.3) is 5.91 Å². The molecule has 4 nitrogen and oxygen atoms in total. The van der Waals surface area contributed by atoms with Crippen LogP contribution < -0.4 is 5.32 Å². The van der Waals surface area contributed by atoms with Crippen molar-refractivity contribution in [2.75, 3.05) is 13.2 Å². The average molecular weight is 274 g/mol. The van der Waals surface area contributed by atoms with Gasteiger partial charge in [0.15, 0.2) is 0 Å². The Labute approximate surface area is 119 Å². The number of carbonyl (C=O) groups is 1. The molecule has 1 unspecified atom stereocenters. The maximum absolute atomic E-state index is 12.1. The summed E-state index contributed by atoms with van der Waals surface area (Å²) in [4.78, 5) is 15.3. The van der Waals surface area contributed by atoms with Crippen LogP contribution in [0.15, 0.2) is 18.2 Å². The number of hydrogen-bond acceptors (Lipinski definition) is 2. The van der Waals surface area contributed by atoms with E-state index in [1.807, 2.05) is 32.9 Å². The fourth-order valence-corrected chi connectivity index (χ4v) is 2.41.